The van der Waals surface area contributed by atoms with Crippen LogP contribution in [0.25, 0.3) is 0 Å². The zero-order valence-electron chi connectivity index (χ0n) is 10.0. The molecule has 0 aliphatic heterocycles. The van der Waals surface area contributed by atoms with Crippen molar-refractivity contribution in [3.05, 3.63) is 0 Å². The summed E-state index contributed by atoms with van der Waals surface area (Å²) in [6, 6.07) is 0. The molecule has 5 fully saturated rings. The summed E-state index contributed by atoms with van der Waals surface area (Å²) >= 11 is 0. The van der Waals surface area contributed by atoms with E-state index in [9.17, 15) is 4.79 Å². The van der Waals surface area contributed by atoms with Crippen LogP contribution >= 0.6 is 0 Å². The van der Waals surface area contributed by atoms with E-state index < -0.39 is 0 Å². The highest BCUT2D eigenvalue weighted by Gasteiger charge is 2.85. The smallest absolute Gasteiger partial charge is 0.136 e. The molecule has 5 saturated carbocycles. The van der Waals surface area contributed by atoms with Crippen LogP contribution in [0, 0.1) is 34.5 Å². The van der Waals surface area contributed by atoms with E-state index in [0.29, 0.717) is 23.5 Å². The van der Waals surface area contributed by atoms with E-state index in [0.717, 1.165) is 12.5 Å². The lowest BCUT2D eigenvalue weighted by Crippen LogP contribution is -2.61. The molecule has 0 N–H and O–H groups in total. The van der Waals surface area contributed by atoms with Crippen molar-refractivity contribution in [2.24, 2.45) is 34.5 Å². The van der Waals surface area contributed by atoms with Gasteiger partial charge in [-0.1, -0.05) is 13.8 Å². The van der Waals surface area contributed by atoms with Crippen molar-refractivity contribution in [1.82, 2.24) is 0 Å². The molecule has 0 spiro atoms. The van der Waals surface area contributed by atoms with Gasteiger partial charge in [0.15, 0.2) is 0 Å². The molecule has 5 aliphatic carbocycles. The van der Waals surface area contributed by atoms with Gasteiger partial charge in [0.2, 0.25) is 0 Å². The summed E-state index contributed by atoms with van der Waals surface area (Å²) in [4.78, 5) is 11.9. The summed E-state index contributed by atoms with van der Waals surface area (Å²) in [5.41, 5.74) is 0.350. The topological polar surface area (TPSA) is 26.3 Å². The van der Waals surface area contributed by atoms with Crippen LogP contribution in [0.2, 0.25) is 0 Å². The zero-order chi connectivity index (χ0) is 11.0. The maximum atomic E-state index is 11.9. The Kier molecular flexibility index (Phi) is 1.62. The third-order valence-corrected chi connectivity index (χ3v) is 6.03. The molecule has 0 radical (unpaired) electrons. The van der Waals surface area contributed by atoms with E-state index in [1.165, 1.54) is 6.42 Å². The fourth-order valence-electron chi connectivity index (χ4n) is 5.78. The second kappa shape index (κ2) is 2.48. The normalized spacial score (nSPS) is 59.7. The molecule has 0 aromatic heterocycles. The Morgan fingerprint density at radius 1 is 1.53 bits per heavy atom. The van der Waals surface area contributed by atoms with Gasteiger partial charge < -0.3 is 4.74 Å². The second-order valence-corrected chi connectivity index (χ2v) is 6.14. The predicted molar refractivity (Wildman–Crippen MR) is 57.3 cm³/mol. The number of carbonyl (C=O) groups excluding carboxylic acids is 1. The summed E-state index contributed by atoms with van der Waals surface area (Å²) in [6.07, 6.45) is 1.27. The molecule has 6 atom stereocenters. The number of ether oxygens (including phenoxy) is 1. The van der Waals surface area contributed by atoms with Gasteiger partial charge >= 0.3 is 0 Å². The maximum absolute atomic E-state index is 11.9. The Hall–Kier alpha value is -0.370. The molecule has 0 saturated heterocycles. The molecular formula is C13H20O2. The van der Waals surface area contributed by atoms with Gasteiger partial charge in [0.25, 0.3) is 0 Å². The van der Waals surface area contributed by atoms with E-state index >= 15 is 0 Å². The summed E-state index contributed by atoms with van der Waals surface area (Å²) in [7, 11) is 1.78. The molecule has 5 aliphatic rings. The monoisotopic (exact) mass is 208 g/mol. The molecule has 5 rings (SSSR count). The summed E-state index contributed by atoms with van der Waals surface area (Å²) in [5, 5.41) is 0. The van der Waals surface area contributed by atoms with Gasteiger partial charge in [-0.25, -0.2) is 0 Å². The minimum absolute atomic E-state index is 0.0674. The van der Waals surface area contributed by atoms with E-state index in [1.807, 2.05) is 0 Å². The summed E-state index contributed by atoms with van der Waals surface area (Å²) in [5.74, 6) is 3.07. The molecule has 6 unspecified atom stereocenters. The molecule has 0 heterocycles. The van der Waals surface area contributed by atoms with Crippen LogP contribution < -0.4 is 0 Å². The Bertz CT molecular complexity index is 329. The second-order valence-electron chi connectivity index (χ2n) is 6.14. The fourth-order valence-corrected chi connectivity index (χ4v) is 5.78. The third-order valence-electron chi connectivity index (χ3n) is 6.03. The molecule has 2 heteroatoms. The number of carbonyl (C=O) groups is 1. The van der Waals surface area contributed by atoms with Gasteiger partial charge in [-0.3, -0.25) is 4.79 Å². The lowest BCUT2D eigenvalue weighted by atomic mass is 9.41. The first-order chi connectivity index (χ1) is 7.01. The lowest BCUT2D eigenvalue weighted by molar-refractivity contribution is -0.174. The predicted octanol–water partition coefficient (Wildman–Crippen LogP) is 2.13. The van der Waals surface area contributed by atoms with Gasteiger partial charge in [0.1, 0.15) is 5.78 Å². The molecule has 84 valence electrons. The van der Waals surface area contributed by atoms with Gasteiger partial charge in [-0.05, 0) is 42.4 Å². The Morgan fingerprint density at radius 3 is 2.60 bits per heavy atom. The van der Waals surface area contributed by atoms with Crippen molar-refractivity contribution in [2.75, 3.05) is 13.7 Å². The van der Waals surface area contributed by atoms with Crippen molar-refractivity contribution in [1.29, 1.82) is 0 Å². The largest absolute Gasteiger partial charge is 0.384 e. The maximum Gasteiger partial charge on any atom is 0.136 e. The molecule has 15 heavy (non-hydrogen) atoms. The fraction of sp³-hybridized carbons (Fsp3) is 0.923. The highest BCUT2D eigenvalue weighted by Crippen LogP contribution is 2.86. The molecular weight excluding hydrogens is 188 g/mol. The third kappa shape index (κ3) is 0.692. The quantitative estimate of drug-likeness (QED) is 0.710. The first kappa shape index (κ1) is 9.83. The van der Waals surface area contributed by atoms with Crippen molar-refractivity contribution >= 4 is 5.78 Å². The van der Waals surface area contributed by atoms with Crippen LogP contribution in [0.3, 0.4) is 0 Å². The van der Waals surface area contributed by atoms with E-state index in [-0.39, 0.29) is 10.8 Å². The number of hydrogen-bond acceptors (Lipinski definition) is 2. The van der Waals surface area contributed by atoms with E-state index in [4.69, 9.17) is 4.74 Å². The first-order valence-corrected chi connectivity index (χ1v) is 6.01. The number of Topliss-reactive ketones (excluding diaryl/α,β-unsaturated/α-hetero) is 1. The lowest BCUT2D eigenvalue weighted by Gasteiger charge is -2.61. The number of rotatable bonds is 3. The molecule has 0 aromatic carbocycles. The SMILES string of the molecule is COCC1(C)C2C(C)C3(C(C)=O)C2CC13. The zero-order valence-corrected chi connectivity index (χ0v) is 10.0. The minimum atomic E-state index is 0.0674. The molecule has 0 amide bonds. The average Bonchev–Trinajstić information content (AvgIpc) is 2.56. The highest BCUT2D eigenvalue weighted by molar-refractivity contribution is 5.87. The van der Waals surface area contributed by atoms with Crippen LogP contribution in [-0.2, 0) is 9.53 Å². The van der Waals surface area contributed by atoms with Crippen LogP contribution in [-0.4, -0.2) is 19.5 Å². The number of hydrogen-bond donors (Lipinski definition) is 0. The Morgan fingerprint density at radius 2 is 2.20 bits per heavy atom. The Balaban J connectivity index is 1.99. The average molecular weight is 208 g/mol. The van der Waals surface area contributed by atoms with Gasteiger partial charge in [0, 0.05) is 12.5 Å². The summed E-state index contributed by atoms with van der Waals surface area (Å²) in [6.45, 7) is 7.23. The van der Waals surface area contributed by atoms with Crippen molar-refractivity contribution < 1.29 is 9.53 Å². The van der Waals surface area contributed by atoms with Crippen LogP contribution in [0.15, 0.2) is 0 Å². The highest BCUT2D eigenvalue weighted by atomic mass is 16.5. The van der Waals surface area contributed by atoms with Crippen molar-refractivity contribution in [2.45, 2.75) is 27.2 Å². The minimum Gasteiger partial charge on any atom is -0.384 e. The molecule has 2 nitrogen and oxygen atoms in total. The van der Waals surface area contributed by atoms with E-state index in [2.05, 4.69) is 13.8 Å². The van der Waals surface area contributed by atoms with Gasteiger partial charge in [-0.2, -0.15) is 0 Å². The van der Waals surface area contributed by atoms with Gasteiger partial charge in [0.05, 0.1) is 6.61 Å². The summed E-state index contributed by atoms with van der Waals surface area (Å²) < 4.78 is 5.38. The van der Waals surface area contributed by atoms with Crippen LogP contribution in [0.1, 0.15) is 27.2 Å². The van der Waals surface area contributed by atoms with Crippen LogP contribution in [0.5, 0.6) is 0 Å². The molecule has 4 bridgehead atoms. The van der Waals surface area contributed by atoms with Gasteiger partial charge in [-0.15, -0.1) is 0 Å². The molecule has 0 aromatic rings. The van der Waals surface area contributed by atoms with E-state index in [1.54, 1.807) is 14.0 Å². The van der Waals surface area contributed by atoms with Crippen molar-refractivity contribution in [3.8, 4) is 0 Å². The van der Waals surface area contributed by atoms with Crippen LogP contribution in [0.4, 0.5) is 0 Å². The number of ketones is 1. The standard InChI is InChI=1S/C13H20O2/c1-7-11-9-5-10(12(11,3)6-15-4)13(7,9)8(2)14/h7,9-11H,5-6H2,1-4H3. The Labute approximate surface area is 91.4 Å². The van der Waals surface area contributed by atoms with Crippen molar-refractivity contribution in [3.63, 3.8) is 0 Å². The number of methoxy groups -OCH3 is 1. The first-order valence-electron chi connectivity index (χ1n) is 6.01.